The molecule has 1 aromatic heterocycles. The summed E-state index contributed by atoms with van der Waals surface area (Å²) in [7, 11) is 0. The number of hydrogen-bond acceptors (Lipinski definition) is 3. The van der Waals surface area contributed by atoms with Crippen molar-refractivity contribution in [1.82, 2.24) is 10.3 Å². The number of ether oxygens (including phenoxy) is 1. The van der Waals surface area contributed by atoms with E-state index in [-0.39, 0.29) is 11.4 Å². The average molecular weight is 429 g/mol. The zero-order valence-electron chi connectivity index (χ0n) is 16.4. The summed E-state index contributed by atoms with van der Waals surface area (Å²) in [4.78, 5) is 16.6. The molecule has 2 aromatic carbocycles. The van der Waals surface area contributed by atoms with E-state index in [2.05, 4.69) is 10.3 Å². The van der Waals surface area contributed by atoms with Gasteiger partial charge in [-0.05, 0) is 50.6 Å². The molecule has 0 aliphatic heterocycles. The van der Waals surface area contributed by atoms with Crippen molar-refractivity contribution in [2.24, 2.45) is 0 Å². The van der Waals surface area contributed by atoms with Crippen LogP contribution in [0.3, 0.4) is 0 Å². The van der Waals surface area contributed by atoms with Gasteiger partial charge in [-0.25, -0.2) is 4.98 Å². The van der Waals surface area contributed by atoms with Gasteiger partial charge in [-0.2, -0.15) is 0 Å². The van der Waals surface area contributed by atoms with Crippen LogP contribution in [0.25, 0.3) is 0 Å². The second kappa shape index (κ2) is 8.85. The molecule has 0 radical (unpaired) electrons. The number of benzene rings is 2. The predicted octanol–water partition coefficient (Wildman–Crippen LogP) is 6.09. The van der Waals surface area contributed by atoms with E-state index in [1.807, 2.05) is 57.2 Å². The quantitative estimate of drug-likeness (QED) is 0.534. The third-order valence-corrected chi connectivity index (χ3v) is 4.68. The number of carbonyl (C=O) groups is 1. The van der Waals surface area contributed by atoms with Gasteiger partial charge in [0.05, 0.1) is 5.56 Å². The average Bonchev–Trinajstić information content (AvgIpc) is 2.67. The lowest BCUT2D eigenvalue weighted by atomic mass is 10.0. The van der Waals surface area contributed by atoms with Crippen LogP contribution in [0, 0.1) is 0 Å². The van der Waals surface area contributed by atoms with E-state index in [0.29, 0.717) is 21.5 Å². The van der Waals surface area contributed by atoms with Gasteiger partial charge in [0.25, 0.3) is 5.91 Å². The highest BCUT2D eigenvalue weighted by atomic mass is 35.5. The Morgan fingerprint density at radius 3 is 2.28 bits per heavy atom. The van der Waals surface area contributed by atoms with Gasteiger partial charge < -0.3 is 10.1 Å². The van der Waals surface area contributed by atoms with E-state index < -0.39 is 6.10 Å². The monoisotopic (exact) mass is 428 g/mol. The lowest BCUT2D eigenvalue weighted by Gasteiger charge is -2.21. The number of halogens is 2. The molecule has 1 atom stereocenters. The van der Waals surface area contributed by atoms with Crippen LogP contribution in [0.15, 0.2) is 66.9 Å². The number of rotatable bonds is 5. The smallest absolute Gasteiger partial charge is 0.253 e. The fraction of sp³-hybridized carbons (Fsp3) is 0.217. The molecule has 0 fully saturated rings. The number of pyridine rings is 1. The van der Waals surface area contributed by atoms with E-state index in [0.717, 1.165) is 11.1 Å². The summed E-state index contributed by atoms with van der Waals surface area (Å²) in [5.74, 6) is 0.203. The highest BCUT2D eigenvalue weighted by Gasteiger charge is 2.20. The minimum atomic E-state index is -0.470. The Bertz CT molecular complexity index is 981. The number of nitrogens with zero attached hydrogens (tertiary/aromatic N) is 1. The Labute approximate surface area is 180 Å². The molecule has 4 nitrogen and oxygen atoms in total. The Balaban J connectivity index is 1.87. The lowest BCUT2D eigenvalue weighted by molar-refractivity contribution is 0.0919. The maximum absolute atomic E-state index is 12.3. The molecule has 3 rings (SSSR count). The van der Waals surface area contributed by atoms with Crippen LogP contribution in [0.4, 0.5) is 0 Å². The van der Waals surface area contributed by atoms with Crippen molar-refractivity contribution in [2.75, 3.05) is 0 Å². The minimum Gasteiger partial charge on any atom is -0.464 e. The zero-order chi connectivity index (χ0) is 21.0. The van der Waals surface area contributed by atoms with E-state index in [1.165, 1.54) is 6.20 Å². The molecule has 6 heteroatoms. The first-order valence-electron chi connectivity index (χ1n) is 9.18. The zero-order valence-corrected chi connectivity index (χ0v) is 18.0. The van der Waals surface area contributed by atoms with Crippen molar-refractivity contribution >= 4 is 29.1 Å². The molecule has 1 amide bonds. The SMILES string of the molecule is CC(C)(C)NC(=O)c1ccc(OC(c2ccc(Cl)cc2)c2ccccc2Cl)nc1. The van der Waals surface area contributed by atoms with Crippen LogP contribution in [0.5, 0.6) is 5.88 Å². The first-order chi connectivity index (χ1) is 13.7. The first kappa shape index (κ1) is 21.2. The molecule has 1 N–H and O–H groups in total. The van der Waals surface area contributed by atoms with Crippen molar-refractivity contribution < 1.29 is 9.53 Å². The summed E-state index contributed by atoms with van der Waals surface area (Å²) in [6.07, 6.45) is 1.03. The Morgan fingerprint density at radius 2 is 1.69 bits per heavy atom. The lowest BCUT2D eigenvalue weighted by Crippen LogP contribution is -2.40. The first-order valence-corrected chi connectivity index (χ1v) is 9.94. The molecule has 1 heterocycles. The predicted molar refractivity (Wildman–Crippen MR) is 117 cm³/mol. The number of aromatic nitrogens is 1. The Hall–Kier alpha value is -2.56. The minimum absolute atomic E-state index is 0.183. The topological polar surface area (TPSA) is 51.2 Å². The highest BCUT2D eigenvalue weighted by Crippen LogP contribution is 2.32. The Kier molecular flexibility index (Phi) is 6.46. The number of amides is 1. The van der Waals surface area contributed by atoms with Crippen molar-refractivity contribution in [3.63, 3.8) is 0 Å². The highest BCUT2D eigenvalue weighted by molar-refractivity contribution is 6.31. The molecule has 0 aliphatic carbocycles. The fourth-order valence-corrected chi connectivity index (χ4v) is 3.12. The number of nitrogens with one attached hydrogen (secondary N) is 1. The molecule has 150 valence electrons. The Morgan fingerprint density at radius 1 is 1.00 bits per heavy atom. The molecular formula is C23H22Cl2N2O2. The van der Waals surface area contributed by atoms with Gasteiger partial charge in [-0.1, -0.05) is 53.5 Å². The summed E-state index contributed by atoms with van der Waals surface area (Å²) in [5, 5.41) is 4.14. The molecule has 1 unspecified atom stereocenters. The third-order valence-electron chi connectivity index (χ3n) is 4.09. The summed E-state index contributed by atoms with van der Waals surface area (Å²) < 4.78 is 6.17. The van der Waals surface area contributed by atoms with Crippen molar-refractivity contribution in [3.05, 3.63) is 93.6 Å². The van der Waals surface area contributed by atoms with E-state index in [1.54, 1.807) is 24.3 Å². The molecule has 0 bridgehead atoms. The van der Waals surface area contributed by atoms with E-state index >= 15 is 0 Å². The van der Waals surface area contributed by atoms with E-state index in [9.17, 15) is 4.79 Å². The van der Waals surface area contributed by atoms with Crippen molar-refractivity contribution in [1.29, 1.82) is 0 Å². The molecule has 29 heavy (non-hydrogen) atoms. The summed E-state index contributed by atoms with van der Waals surface area (Å²) in [6, 6.07) is 18.2. The second-order valence-corrected chi connectivity index (χ2v) is 8.50. The molecule has 3 aromatic rings. The summed E-state index contributed by atoms with van der Waals surface area (Å²) >= 11 is 12.4. The molecule has 0 saturated carbocycles. The van der Waals surface area contributed by atoms with Gasteiger partial charge >= 0.3 is 0 Å². The second-order valence-electron chi connectivity index (χ2n) is 7.66. The van der Waals surface area contributed by atoms with Crippen molar-refractivity contribution in [3.8, 4) is 5.88 Å². The maximum Gasteiger partial charge on any atom is 0.253 e. The van der Waals surface area contributed by atoms with Gasteiger partial charge in [0.2, 0.25) is 5.88 Å². The van der Waals surface area contributed by atoms with Crippen LogP contribution >= 0.6 is 23.2 Å². The van der Waals surface area contributed by atoms with Crippen LogP contribution in [0.1, 0.15) is 48.4 Å². The van der Waals surface area contributed by atoms with Gasteiger partial charge in [0, 0.05) is 33.4 Å². The number of carbonyl (C=O) groups excluding carboxylic acids is 1. The summed E-state index contributed by atoms with van der Waals surface area (Å²) in [5.41, 5.74) is 1.84. The molecule has 0 saturated heterocycles. The normalized spacial score (nSPS) is 12.3. The molecular weight excluding hydrogens is 407 g/mol. The number of hydrogen-bond donors (Lipinski definition) is 1. The standard InChI is InChI=1S/C23H22Cl2N2O2/c1-23(2,3)27-22(28)16-10-13-20(26-14-16)29-21(15-8-11-17(24)12-9-15)18-6-4-5-7-19(18)25/h4-14,21H,1-3H3,(H,27,28). The summed E-state index contributed by atoms with van der Waals surface area (Å²) in [6.45, 7) is 5.78. The van der Waals surface area contributed by atoms with Crippen LogP contribution < -0.4 is 10.1 Å². The van der Waals surface area contributed by atoms with Gasteiger partial charge in [0.1, 0.15) is 0 Å². The third kappa shape index (κ3) is 5.72. The van der Waals surface area contributed by atoms with Crippen LogP contribution in [-0.2, 0) is 0 Å². The van der Waals surface area contributed by atoms with Crippen LogP contribution in [0.2, 0.25) is 10.0 Å². The molecule has 0 aliphatic rings. The fourth-order valence-electron chi connectivity index (χ4n) is 2.75. The van der Waals surface area contributed by atoms with Crippen LogP contribution in [-0.4, -0.2) is 16.4 Å². The molecule has 0 spiro atoms. The maximum atomic E-state index is 12.3. The van der Waals surface area contributed by atoms with Gasteiger partial charge in [0.15, 0.2) is 6.10 Å². The van der Waals surface area contributed by atoms with Gasteiger partial charge in [-0.15, -0.1) is 0 Å². The van der Waals surface area contributed by atoms with Gasteiger partial charge in [-0.3, -0.25) is 4.79 Å². The largest absolute Gasteiger partial charge is 0.464 e. The van der Waals surface area contributed by atoms with E-state index in [4.69, 9.17) is 27.9 Å². The van der Waals surface area contributed by atoms with Crippen molar-refractivity contribution in [2.45, 2.75) is 32.4 Å².